The number of halogens is 2. The molecule has 0 amide bonds. The lowest BCUT2D eigenvalue weighted by atomic mass is 10.0. The zero-order chi connectivity index (χ0) is 13.0. The van der Waals surface area contributed by atoms with Crippen LogP contribution in [0.15, 0.2) is 53.0 Å². The molecule has 1 unspecified atom stereocenters. The number of benzene rings is 2. The number of hydrogen-bond acceptors (Lipinski definition) is 1. The average molecular weight is 325 g/mol. The summed E-state index contributed by atoms with van der Waals surface area (Å²) in [7, 11) is 0. The van der Waals surface area contributed by atoms with Crippen LogP contribution >= 0.6 is 27.5 Å². The molecule has 0 aromatic heterocycles. The van der Waals surface area contributed by atoms with E-state index in [-0.39, 0.29) is 0 Å². The van der Waals surface area contributed by atoms with Gasteiger partial charge >= 0.3 is 0 Å². The summed E-state index contributed by atoms with van der Waals surface area (Å²) in [6.07, 6.45) is 0. The first-order valence-corrected chi connectivity index (χ1v) is 7.08. The maximum absolute atomic E-state index is 6.17. The van der Waals surface area contributed by atoms with Gasteiger partial charge in [0, 0.05) is 11.0 Å². The molecule has 94 valence electrons. The van der Waals surface area contributed by atoms with Crippen molar-refractivity contribution >= 4 is 33.2 Å². The molecule has 2 rings (SSSR count). The SMILES string of the molecule is CC(CNc1ccc(Br)cc1Cl)c1ccccc1. The summed E-state index contributed by atoms with van der Waals surface area (Å²) >= 11 is 9.57. The van der Waals surface area contributed by atoms with E-state index in [9.17, 15) is 0 Å². The van der Waals surface area contributed by atoms with Crippen LogP contribution in [0.1, 0.15) is 18.4 Å². The van der Waals surface area contributed by atoms with E-state index in [1.165, 1.54) is 5.56 Å². The van der Waals surface area contributed by atoms with E-state index in [4.69, 9.17) is 11.6 Å². The molecule has 0 saturated heterocycles. The number of nitrogens with one attached hydrogen (secondary N) is 1. The molecule has 2 aromatic rings. The summed E-state index contributed by atoms with van der Waals surface area (Å²) in [6.45, 7) is 3.07. The summed E-state index contributed by atoms with van der Waals surface area (Å²) < 4.78 is 0.995. The fourth-order valence-electron chi connectivity index (χ4n) is 1.80. The van der Waals surface area contributed by atoms with Crippen LogP contribution < -0.4 is 5.32 Å². The van der Waals surface area contributed by atoms with Crippen LogP contribution in [0.5, 0.6) is 0 Å². The van der Waals surface area contributed by atoms with E-state index in [2.05, 4.69) is 52.4 Å². The lowest BCUT2D eigenvalue weighted by Gasteiger charge is -2.15. The Hall–Kier alpha value is -0.990. The summed E-state index contributed by atoms with van der Waals surface area (Å²) in [5, 5.41) is 4.13. The van der Waals surface area contributed by atoms with Crippen LogP contribution in [0.2, 0.25) is 5.02 Å². The van der Waals surface area contributed by atoms with Gasteiger partial charge in [-0.3, -0.25) is 0 Å². The molecule has 0 bridgehead atoms. The van der Waals surface area contributed by atoms with Crippen molar-refractivity contribution in [3.05, 3.63) is 63.6 Å². The molecule has 2 aromatic carbocycles. The van der Waals surface area contributed by atoms with Crippen LogP contribution in [-0.4, -0.2) is 6.54 Å². The predicted molar refractivity (Wildman–Crippen MR) is 82.5 cm³/mol. The van der Waals surface area contributed by atoms with Gasteiger partial charge in [-0.1, -0.05) is 64.8 Å². The molecular formula is C15H15BrClN. The van der Waals surface area contributed by atoms with Crippen LogP contribution in [0.3, 0.4) is 0 Å². The minimum atomic E-state index is 0.450. The third-order valence-corrected chi connectivity index (χ3v) is 3.70. The molecule has 18 heavy (non-hydrogen) atoms. The molecule has 0 heterocycles. The summed E-state index contributed by atoms with van der Waals surface area (Å²) in [5.41, 5.74) is 2.31. The fraction of sp³-hybridized carbons (Fsp3) is 0.200. The molecule has 0 radical (unpaired) electrons. The van der Waals surface area contributed by atoms with Crippen LogP contribution in [0, 0.1) is 0 Å². The van der Waals surface area contributed by atoms with Crippen molar-refractivity contribution in [2.75, 3.05) is 11.9 Å². The highest BCUT2D eigenvalue weighted by atomic mass is 79.9. The number of hydrogen-bond donors (Lipinski definition) is 1. The maximum Gasteiger partial charge on any atom is 0.0648 e. The Labute approximate surface area is 121 Å². The van der Waals surface area contributed by atoms with E-state index in [1.807, 2.05) is 24.3 Å². The Kier molecular flexibility index (Phi) is 4.67. The molecule has 0 aliphatic rings. The van der Waals surface area contributed by atoms with E-state index in [0.29, 0.717) is 5.92 Å². The van der Waals surface area contributed by atoms with E-state index in [0.717, 1.165) is 21.7 Å². The highest BCUT2D eigenvalue weighted by molar-refractivity contribution is 9.10. The van der Waals surface area contributed by atoms with Crippen molar-refractivity contribution in [1.29, 1.82) is 0 Å². The van der Waals surface area contributed by atoms with Crippen molar-refractivity contribution in [2.24, 2.45) is 0 Å². The molecule has 0 fully saturated rings. The van der Waals surface area contributed by atoms with Gasteiger partial charge in [-0.05, 0) is 29.7 Å². The quantitative estimate of drug-likeness (QED) is 0.802. The van der Waals surface area contributed by atoms with Crippen LogP contribution in [-0.2, 0) is 0 Å². The Balaban J connectivity index is 1.99. The van der Waals surface area contributed by atoms with Crippen molar-refractivity contribution in [3.63, 3.8) is 0 Å². The van der Waals surface area contributed by atoms with Gasteiger partial charge in [-0.2, -0.15) is 0 Å². The lowest BCUT2D eigenvalue weighted by molar-refractivity contribution is 0.805. The molecule has 1 nitrogen and oxygen atoms in total. The topological polar surface area (TPSA) is 12.0 Å². The van der Waals surface area contributed by atoms with Gasteiger partial charge in [0.15, 0.2) is 0 Å². The second-order valence-electron chi connectivity index (χ2n) is 4.32. The summed E-state index contributed by atoms with van der Waals surface area (Å²) in [6, 6.07) is 16.3. The van der Waals surface area contributed by atoms with Gasteiger partial charge in [0.25, 0.3) is 0 Å². The Bertz CT molecular complexity index is 513. The van der Waals surface area contributed by atoms with Crippen molar-refractivity contribution < 1.29 is 0 Å². The minimum absolute atomic E-state index is 0.450. The van der Waals surface area contributed by atoms with Crippen molar-refractivity contribution in [1.82, 2.24) is 0 Å². The average Bonchev–Trinajstić information content (AvgIpc) is 2.38. The first kappa shape index (κ1) is 13.4. The molecule has 0 aliphatic heterocycles. The molecule has 0 saturated carbocycles. The van der Waals surface area contributed by atoms with Gasteiger partial charge in [-0.15, -0.1) is 0 Å². The van der Waals surface area contributed by atoms with Gasteiger partial charge < -0.3 is 5.32 Å². The van der Waals surface area contributed by atoms with Crippen molar-refractivity contribution in [2.45, 2.75) is 12.8 Å². The van der Waals surface area contributed by atoms with Gasteiger partial charge in [0.2, 0.25) is 0 Å². The van der Waals surface area contributed by atoms with E-state index >= 15 is 0 Å². The standard InChI is InChI=1S/C15H15BrClN/c1-11(12-5-3-2-4-6-12)10-18-15-8-7-13(16)9-14(15)17/h2-9,11,18H,10H2,1H3. The highest BCUT2D eigenvalue weighted by Gasteiger charge is 2.06. The first-order chi connectivity index (χ1) is 8.66. The lowest BCUT2D eigenvalue weighted by Crippen LogP contribution is -2.09. The molecule has 1 atom stereocenters. The highest BCUT2D eigenvalue weighted by Crippen LogP contribution is 2.26. The third kappa shape index (κ3) is 3.50. The third-order valence-electron chi connectivity index (χ3n) is 2.90. The minimum Gasteiger partial charge on any atom is -0.383 e. The summed E-state index contributed by atoms with van der Waals surface area (Å²) in [4.78, 5) is 0. The second-order valence-corrected chi connectivity index (χ2v) is 5.64. The predicted octanol–water partition coefficient (Wildman–Crippen LogP) is 5.32. The molecular weight excluding hydrogens is 310 g/mol. The van der Waals surface area contributed by atoms with Crippen LogP contribution in [0.25, 0.3) is 0 Å². The number of rotatable bonds is 4. The number of anilines is 1. The van der Waals surface area contributed by atoms with E-state index < -0.39 is 0 Å². The normalized spacial score (nSPS) is 12.2. The largest absolute Gasteiger partial charge is 0.383 e. The Morgan fingerprint density at radius 1 is 1.17 bits per heavy atom. The monoisotopic (exact) mass is 323 g/mol. The molecule has 0 aliphatic carbocycles. The zero-order valence-corrected chi connectivity index (χ0v) is 12.5. The van der Waals surface area contributed by atoms with Gasteiger partial charge in [-0.25, -0.2) is 0 Å². The Morgan fingerprint density at radius 2 is 1.89 bits per heavy atom. The summed E-state index contributed by atoms with van der Waals surface area (Å²) in [5.74, 6) is 0.450. The van der Waals surface area contributed by atoms with Gasteiger partial charge in [0.1, 0.15) is 0 Å². The van der Waals surface area contributed by atoms with Crippen molar-refractivity contribution in [3.8, 4) is 0 Å². The van der Waals surface area contributed by atoms with Crippen LogP contribution in [0.4, 0.5) is 5.69 Å². The maximum atomic E-state index is 6.17. The fourth-order valence-corrected chi connectivity index (χ4v) is 2.54. The molecule has 3 heteroatoms. The van der Waals surface area contributed by atoms with Gasteiger partial charge in [0.05, 0.1) is 10.7 Å². The van der Waals surface area contributed by atoms with E-state index in [1.54, 1.807) is 0 Å². The first-order valence-electron chi connectivity index (χ1n) is 5.90. The second kappa shape index (κ2) is 6.26. The molecule has 0 spiro atoms. The Morgan fingerprint density at radius 3 is 2.56 bits per heavy atom. The smallest absolute Gasteiger partial charge is 0.0648 e. The zero-order valence-electron chi connectivity index (χ0n) is 10.2. The molecule has 1 N–H and O–H groups in total.